The second-order valence-corrected chi connectivity index (χ2v) is 8.21. The first-order chi connectivity index (χ1) is 15.1. The van der Waals surface area contributed by atoms with Gasteiger partial charge in [-0.2, -0.15) is 5.10 Å². The number of para-hydroxylation sites is 1. The molecule has 0 fully saturated rings. The maximum absolute atomic E-state index is 6.36. The van der Waals surface area contributed by atoms with E-state index in [1.165, 1.54) is 0 Å². The molecule has 0 bridgehead atoms. The fourth-order valence-electron chi connectivity index (χ4n) is 4.11. The normalized spacial score (nSPS) is 19.2. The number of ether oxygens (including phenoxy) is 3. The van der Waals surface area contributed by atoms with Gasteiger partial charge in [0.25, 0.3) is 0 Å². The Bertz CT molecular complexity index is 1180. The highest BCUT2D eigenvalue weighted by molar-refractivity contribution is 6.42. The first kappa shape index (κ1) is 20.0. The van der Waals surface area contributed by atoms with Gasteiger partial charge in [-0.25, -0.2) is 5.01 Å². The minimum absolute atomic E-state index is 0.0486. The van der Waals surface area contributed by atoms with Crippen molar-refractivity contribution < 1.29 is 14.2 Å². The zero-order chi connectivity index (χ0) is 21.5. The van der Waals surface area contributed by atoms with Gasteiger partial charge in [-0.05, 0) is 36.4 Å². The number of fused-ring (bicyclic) bond motifs is 3. The molecule has 0 aliphatic carbocycles. The van der Waals surface area contributed by atoms with Crippen LogP contribution in [0.25, 0.3) is 0 Å². The standard InChI is InChI=1S/C24H20Cl2N2O3/c1-29-22-10-8-14(12-23(22)30-2)19-13-20-16-5-3-4-6-21(16)31-24(28(20)27-19)15-7-9-17(25)18(26)11-15/h3-12,20,24H,13H2,1-2H3/t20-,24-/m1/s1. The molecule has 3 aromatic carbocycles. The van der Waals surface area contributed by atoms with Crippen LogP contribution in [0.15, 0.2) is 65.8 Å². The van der Waals surface area contributed by atoms with Crippen molar-refractivity contribution in [1.29, 1.82) is 0 Å². The van der Waals surface area contributed by atoms with Crippen LogP contribution in [0.1, 0.15) is 35.4 Å². The number of hydrazone groups is 1. The summed E-state index contributed by atoms with van der Waals surface area (Å²) in [7, 11) is 3.26. The summed E-state index contributed by atoms with van der Waals surface area (Å²) >= 11 is 12.4. The van der Waals surface area contributed by atoms with E-state index in [-0.39, 0.29) is 6.04 Å². The first-order valence-corrected chi connectivity index (χ1v) is 10.6. The van der Waals surface area contributed by atoms with Gasteiger partial charge in [-0.15, -0.1) is 0 Å². The fraction of sp³-hybridized carbons (Fsp3) is 0.208. The lowest BCUT2D eigenvalue weighted by atomic mass is 9.96. The molecule has 0 amide bonds. The molecule has 0 spiro atoms. The zero-order valence-electron chi connectivity index (χ0n) is 17.0. The van der Waals surface area contributed by atoms with Crippen molar-refractivity contribution >= 4 is 28.9 Å². The molecule has 0 N–H and O–H groups in total. The zero-order valence-corrected chi connectivity index (χ0v) is 18.5. The van der Waals surface area contributed by atoms with E-state index in [2.05, 4.69) is 6.07 Å². The molecule has 2 atom stereocenters. The lowest BCUT2D eigenvalue weighted by Crippen LogP contribution is -2.33. The summed E-state index contributed by atoms with van der Waals surface area (Å²) in [6, 6.07) is 19.5. The number of rotatable bonds is 4. The molecule has 158 valence electrons. The second-order valence-electron chi connectivity index (χ2n) is 7.40. The Morgan fingerprint density at radius 2 is 1.74 bits per heavy atom. The molecule has 2 aliphatic rings. The third-order valence-electron chi connectivity index (χ3n) is 5.64. The van der Waals surface area contributed by atoms with Crippen molar-refractivity contribution in [3.63, 3.8) is 0 Å². The summed E-state index contributed by atoms with van der Waals surface area (Å²) in [5, 5.41) is 7.98. The van der Waals surface area contributed by atoms with Gasteiger partial charge in [0, 0.05) is 23.1 Å². The molecule has 5 nitrogen and oxygen atoms in total. The Morgan fingerprint density at radius 3 is 2.52 bits per heavy atom. The van der Waals surface area contributed by atoms with Crippen molar-refractivity contribution in [2.75, 3.05) is 14.2 Å². The Labute approximate surface area is 190 Å². The number of halogens is 2. The largest absolute Gasteiger partial charge is 0.493 e. The molecule has 0 unspecified atom stereocenters. The summed E-state index contributed by atoms with van der Waals surface area (Å²) in [6.07, 6.45) is 0.334. The summed E-state index contributed by atoms with van der Waals surface area (Å²) in [4.78, 5) is 0. The third-order valence-corrected chi connectivity index (χ3v) is 6.38. The van der Waals surface area contributed by atoms with Gasteiger partial charge >= 0.3 is 0 Å². The van der Waals surface area contributed by atoms with E-state index in [1.807, 2.05) is 53.5 Å². The van der Waals surface area contributed by atoms with Crippen LogP contribution in [0.2, 0.25) is 10.0 Å². The summed E-state index contributed by atoms with van der Waals surface area (Å²) in [5.41, 5.74) is 3.94. The van der Waals surface area contributed by atoms with E-state index in [4.69, 9.17) is 42.5 Å². The van der Waals surface area contributed by atoms with E-state index in [1.54, 1.807) is 20.3 Å². The van der Waals surface area contributed by atoms with Crippen LogP contribution in [0.5, 0.6) is 17.2 Å². The van der Waals surface area contributed by atoms with Crippen LogP contribution in [0.4, 0.5) is 0 Å². The minimum Gasteiger partial charge on any atom is -0.493 e. The van der Waals surface area contributed by atoms with E-state index in [0.717, 1.165) is 34.6 Å². The molecule has 2 heterocycles. The monoisotopic (exact) mass is 454 g/mol. The van der Waals surface area contributed by atoms with Crippen molar-refractivity contribution in [2.24, 2.45) is 5.10 Å². The predicted octanol–water partition coefficient (Wildman–Crippen LogP) is 6.25. The maximum Gasteiger partial charge on any atom is 0.213 e. The van der Waals surface area contributed by atoms with E-state index < -0.39 is 6.23 Å². The molecular formula is C24H20Cl2N2O3. The van der Waals surface area contributed by atoms with Crippen LogP contribution in [-0.4, -0.2) is 24.9 Å². The number of methoxy groups -OCH3 is 2. The molecular weight excluding hydrogens is 435 g/mol. The van der Waals surface area contributed by atoms with Crippen LogP contribution >= 0.6 is 23.2 Å². The maximum atomic E-state index is 6.36. The third kappa shape index (κ3) is 3.48. The van der Waals surface area contributed by atoms with Gasteiger partial charge in [-0.3, -0.25) is 0 Å². The summed E-state index contributed by atoms with van der Waals surface area (Å²) < 4.78 is 17.2. The predicted molar refractivity (Wildman–Crippen MR) is 122 cm³/mol. The number of benzene rings is 3. The van der Waals surface area contributed by atoms with Crippen LogP contribution in [-0.2, 0) is 0 Å². The Kier molecular flexibility index (Phi) is 5.16. The molecule has 5 rings (SSSR count). The highest BCUT2D eigenvalue weighted by Gasteiger charge is 2.41. The first-order valence-electron chi connectivity index (χ1n) is 9.88. The van der Waals surface area contributed by atoms with Crippen LogP contribution in [0, 0.1) is 0 Å². The second kappa shape index (κ2) is 7.98. The Hall–Kier alpha value is -2.89. The summed E-state index contributed by atoms with van der Waals surface area (Å²) in [5.74, 6) is 2.21. The lowest BCUT2D eigenvalue weighted by molar-refractivity contribution is -0.0190. The van der Waals surface area contributed by atoms with Gasteiger partial charge in [0.15, 0.2) is 11.5 Å². The van der Waals surface area contributed by atoms with Crippen molar-refractivity contribution in [3.05, 3.63) is 87.4 Å². The molecule has 3 aromatic rings. The van der Waals surface area contributed by atoms with Gasteiger partial charge in [-0.1, -0.05) is 47.5 Å². The quantitative estimate of drug-likeness (QED) is 0.466. The molecule has 2 aliphatic heterocycles. The Morgan fingerprint density at radius 1 is 0.935 bits per heavy atom. The van der Waals surface area contributed by atoms with E-state index in [9.17, 15) is 0 Å². The average molecular weight is 455 g/mol. The fourth-order valence-corrected chi connectivity index (χ4v) is 4.42. The molecule has 0 saturated heterocycles. The molecule has 0 aromatic heterocycles. The van der Waals surface area contributed by atoms with E-state index >= 15 is 0 Å². The molecule has 0 saturated carbocycles. The number of hydrogen-bond acceptors (Lipinski definition) is 5. The molecule has 31 heavy (non-hydrogen) atoms. The molecule has 7 heteroatoms. The highest BCUT2D eigenvalue weighted by Crippen LogP contribution is 2.48. The van der Waals surface area contributed by atoms with Gasteiger partial charge < -0.3 is 14.2 Å². The number of hydrogen-bond donors (Lipinski definition) is 0. The van der Waals surface area contributed by atoms with Gasteiger partial charge in [0.2, 0.25) is 6.23 Å². The van der Waals surface area contributed by atoms with Crippen LogP contribution < -0.4 is 14.2 Å². The van der Waals surface area contributed by atoms with Gasteiger partial charge in [0.05, 0.1) is 36.0 Å². The Balaban J connectivity index is 1.58. The summed E-state index contributed by atoms with van der Waals surface area (Å²) in [6.45, 7) is 0. The van der Waals surface area contributed by atoms with Crippen molar-refractivity contribution in [1.82, 2.24) is 5.01 Å². The SMILES string of the molecule is COc1ccc(C2=NN3[C@H](C2)c2ccccc2O[C@@H]3c2ccc(Cl)c(Cl)c2)cc1OC. The van der Waals surface area contributed by atoms with Crippen molar-refractivity contribution in [2.45, 2.75) is 18.7 Å². The van der Waals surface area contributed by atoms with Crippen LogP contribution in [0.3, 0.4) is 0 Å². The molecule has 0 radical (unpaired) electrons. The minimum atomic E-state index is -0.410. The van der Waals surface area contributed by atoms with Gasteiger partial charge in [0.1, 0.15) is 5.75 Å². The smallest absolute Gasteiger partial charge is 0.213 e. The van der Waals surface area contributed by atoms with Crippen molar-refractivity contribution in [3.8, 4) is 17.2 Å². The average Bonchev–Trinajstić information content (AvgIpc) is 3.25. The van der Waals surface area contributed by atoms with E-state index in [0.29, 0.717) is 21.5 Å². The number of nitrogens with zero attached hydrogens (tertiary/aromatic N) is 2. The lowest BCUT2D eigenvalue weighted by Gasteiger charge is -2.38. The topological polar surface area (TPSA) is 43.3 Å². The highest BCUT2D eigenvalue weighted by atomic mass is 35.5.